The van der Waals surface area contributed by atoms with Crippen LogP contribution in [0.1, 0.15) is 32.6 Å². The van der Waals surface area contributed by atoms with Crippen molar-refractivity contribution in [2.24, 2.45) is 5.84 Å². The van der Waals surface area contributed by atoms with E-state index < -0.39 is 12.1 Å². The van der Waals surface area contributed by atoms with Gasteiger partial charge in [0.2, 0.25) is 0 Å². The van der Waals surface area contributed by atoms with Crippen molar-refractivity contribution in [3.63, 3.8) is 0 Å². The zero-order valence-corrected chi connectivity index (χ0v) is 8.60. The van der Waals surface area contributed by atoms with Gasteiger partial charge in [0.1, 0.15) is 0 Å². The Kier molecular flexibility index (Phi) is 10.8. The van der Waals surface area contributed by atoms with Crippen LogP contribution in [0.2, 0.25) is 0 Å². The highest BCUT2D eigenvalue weighted by Crippen LogP contribution is 2.13. The van der Waals surface area contributed by atoms with Gasteiger partial charge in [0.15, 0.2) is 0 Å². The number of hydrogen-bond acceptors (Lipinski definition) is 3. The zero-order valence-electron chi connectivity index (χ0n) is 8.60. The first-order valence-corrected chi connectivity index (χ1v) is 4.59. The van der Waals surface area contributed by atoms with Crippen molar-refractivity contribution in [3.8, 4) is 0 Å². The van der Waals surface area contributed by atoms with Crippen LogP contribution < -0.4 is 11.3 Å². The van der Waals surface area contributed by atoms with Crippen LogP contribution in [-0.4, -0.2) is 23.8 Å². The van der Waals surface area contributed by atoms with Gasteiger partial charge in [-0.05, 0) is 6.42 Å². The van der Waals surface area contributed by atoms with Crippen LogP contribution in [0.25, 0.3) is 0 Å². The summed E-state index contributed by atoms with van der Waals surface area (Å²) >= 11 is 0. The number of alkyl halides is 3. The topological polar surface area (TPSA) is 75.3 Å². The van der Waals surface area contributed by atoms with Gasteiger partial charge < -0.3 is 5.11 Å². The maximum absolute atomic E-state index is 10.6. The first kappa shape index (κ1) is 16.6. The summed E-state index contributed by atoms with van der Waals surface area (Å²) in [5, 5.41) is 7.12. The zero-order chi connectivity index (χ0) is 12.3. The minimum absolute atomic E-state index is 0.958. The molecule has 0 heterocycles. The second-order valence-electron chi connectivity index (χ2n) is 2.82. The van der Waals surface area contributed by atoms with Crippen molar-refractivity contribution in [3.05, 3.63) is 0 Å². The fourth-order valence-corrected chi connectivity index (χ4v) is 0.654. The highest BCUT2D eigenvalue weighted by molar-refractivity contribution is 5.73. The minimum atomic E-state index is -5.08. The Morgan fingerprint density at radius 1 is 1.33 bits per heavy atom. The van der Waals surface area contributed by atoms with Crippen LogP contribution in [0.5, 0.6) is 0 Å². The molecule has 0 spiro atoms. The van der Waals surface area contributed by atoms with Crippen LogP contribution >= 0.6 is 0 Å². The summed E-state index contributed by atoms with van der Waals surface area (Å²) in [5.41, 5.74) is 2.63. The number of carboxylic acid groups (broad SMARTS) is 1. The monoisotopic (exact) mass is 230 g/mol. The molecule has 4 N–H and O–H groups in total. The molecule has 4 nitrogen and oxygen atoms in total. The summed E-state index contributed by atoms with van der Waals surface area (Å²) in [6.45, 7) is 3.16. The van der Waals surface area contributed by atoms with Crippen molar-refractivity contribution in [2.45, 2.75) is 38.8 Å². The van der Waals surface area contributed by atoms with E-state index >= 15 is 0 Å². The van der Waals surface area contributed by atoms with Crippen LogP contribution in [0.4, 0.5) is 13.2 Å². The molecule has 0 rings (SSSR count). The maximum atomic E-state index is 10.6. The number of hydrogen-bond donors (Lipinski definition) is 3. The first-order chi connectivity index (χ1) is 6.86. The Morgan fingerprint density at radius 3 is 2.07 bits per heavy atom. The molecule has 0 amide bonds. The van der Waals surface area contributed by atoms with Gasteiger partial charge in [-0.2, -0.15) is 13.2 Å². The fourth-order valence-electron chi connectivity index (χ4n) is 0.654. The molecule has 0 fully saturated rings. The summed E-state index contributed by atoms with van der Waals surface area (Å²) in [6, 6.07) is 0. The Bertz CT molecular complexity index is 156. The molecule has 0 aromatic heterocycles. The third-order valence-corrected chi connectivity index (χ3v) is 1.42. The predicted molar refractivity (Wildman–Crippen MR) is 50.0 cm³/mol. The molecule has 0 saturated heterocycles. The Labute approximate surface area is 86.6 Å². The second kappa shape index (κ2) is 9.72. The normalized spacial score (nSPS) is 10.5. The molecule has 0 aromatic carbocycles. The average Bonchev–Trinajstić information content (AvgIpc) is 2.12. The number of nitrogens with two attached hydrogens (primary N) is 1. The van der Waals surface area contributed by atoms with Gasteiger partial charge in [-0.1, -0.05) is 26.2 Å². The maximum Gasteiger partial charge on any atom is 0.490 e. The minimum Gasteiger partial charge on any atom is -0.475 e. The third-order valence-electron chi connectivity index (χ3n) is 1.42. The van der Waals surface area contributed by atoms with E-state index in [1.165, 1.54) is 25.7 Å². The van der Waals surface area contributed by atoms with E-state index in [0.717, 1.165) is 6.54 Å². The number of aliphatic carboxylic acids is 1. The summed E-state index contributed by atoms with van der Waals surface area (Å²) in [5.74, 6) is 2.30. The number of rotatable bonds is 5. The van der Waals surface area contributed by atoms with Gasteiger partial charge in [-0.15, -0.1) is 0 Å². The third kappa shape index (κ3) is 15.9. The van der Waals surface area contributed by atoms with E-state index in [2.05, 4.69) is 12.3 Å². The summed E-state index contributed by atoms with van der Waals surface area (Å²) in [6.07, 6.45) is 0.0668. The fraction of sp³-hybridized carbons (Fsp3) is 0.875. The quantitative estimate of drug-likeness (QED) is 0.381. The van der Waals surface area contributed by atoms with Crippen LogP contribution in [0, 0.1) is 0 Å². The van der Waals surface area contributed by atoms with Crippen molar-refractivity contribution in [1.29, 1.82) is 0 Å². The number of nitrogens with one attached hydrogen (secondary N) is 1. The number of hydrazine groups is 1. The largest absolute Gasteiger partial charge is 0.490 e. The van der Waals surface area contributed by atoms with E-state index in [0.29, 0.717) is 0 Å². The molecule has 0 aliphatic rings. The molecule has 92 valence electrons. The lowest BCUT2D eigenvalue weighted by molar-refractivity contribution is -0.192. The van der Waals surface area contributed by atoms with Gasteiger partial charge in [0, 0.05) is 6.54 Å². The van der Waals surface area contributed by atoms with E-state index in [4.69, 9.17) is 15.7 Å². The first-order valence-electron chi connectivity index (χ1n) is 4.59. The molecule has 0 bridgehead atoms. The Balaban J connectivity index is 0. The predicted octanol–water partition coefficient (Wildman–Crippen LogP) is 1.66. The Hall–Kier alpha value is -0.820. The Morgan fingerprint density at radius 2 is 1.80 bits per heavy atom. The van der Waals surface area contributed by atoms with Crippen molar-refractivity contribution >= 4 is 5.97 Å². The van der Waals surface area contributed by atoms with Crippen molar-refractivity contribution in [2.75, 3.05) is 6.54 Å². The molecule has 0 atom stereocenters. The number of halogens is 3. The highest BCUT2D eigenvalue weighted by Gasteiger charge is 2.38. The lowest BCUT2D eigenvalue weighted by Crippen LogP contribution is -2.22. The molecule has 0 saturated carbocycles. The molecule has 15 heavy (non-hydrogen) atoms. The van der Waals surface area contributed by atoms with Gasteiger partial charge in [-0.25, -0.2) is 4.79 Å². The van der Waals surface area contributed by atoms with Crippen LogP contribution in [-0.2, 0) is 4.79 Å². The number of carbonyl (C=O) groups is 1. The molecule has 0 radical (unpaired) electrons. The SMILES string of the molecule is CCCCCCNN.O=C(O)C(F)(F)F. The summed E-state index contributed by atoms with van der Waals surface area (Å²) in [7, 11) is 0. The highest BCUT2D eigenvalue weighted by atomic mass is 19.4. The average molecular weight is 230 g/mol. The lowest BCUT2D eigenvalue weighted by atomic mass is 10.2. The number of carboxylic acids is 1. The van der Waals surface area contributed by atoms with Crippen LogP contribution in [0.3, 0.4) is 0 Å². The van der Waals surface area contributed by atoms with Crippen molar-refractivity contribution < 1.29 is 23.1 Å². The molecule has 7 heteroatoms. The molecule has 0 aliphatic heterocycles. The standard InChI is InChI=1S/C6H16N2.C2HF3O2/c1-2-3-4-5-6-8-7;3-2(4,5)1(6)7/h8H,2-7H2,1H3;(H,6,7). The van der Waals surface area contributed by atoms with Gasteiger partial charge in [0.25, 0.3) is 0 Å². The van der Waals surface area contributed by atoms with Gasteiger partial charge >= 0.3 is 12.1 Å². The van der Waals surface area contributed by atoms with Gasteiger partial charge in [0.05, 0.1) is 0 Å². The molecular formula is C8H17F3N2O2. The molecule has 0 aromatic rings. The van der Waals surface area contributed by atoms with E-state index in [1.54, 1.807) is 0 Å². The summed E-state index contributed by atoms with van der Waals surface area (Å²) in [4.78, 5) is 8.90. The van der Waals surface area contributed by atoms with Gasteiger partial charge in [-0.3, -0.25) is 11.3 Å². The van der Waals surface area contributed by atoms with E-state index in [1.807, 2.05) is 0 Å². The summed E-state index contributed by atoms with van der Waals surface area (Å²) < 4.78 is 31.7. The smallest absolute Gasteiger partial charge is 0.475 e. The molecule has 0 aliphatic carbocycles. The lowest BCUT2D eigenvalue weighted by Gasteiger charge is -1.95. The van der Waals surface area contributed by atoms with E-state index in [-0.39, 0.29) is 0 Å². The number of unbranched alkanes of at least 4 members (excludes halogenated alkanes) is 3. The second-order valence-corrected chi connectivity index (χ2v) is 2.82. The van der Waals surface area contributed by atoms with E-state index in [9.17, 15) is 13.2 Å². The molecule has 0 unspecified atom stereocenters. The van der Waals surface area contributed by atoms with Crippen LogP contribution in [0.15, 0.2) is 0 Å². The van der Waals surface area contributed by atoms with Crippen molar-refractivity contribution in [1.82, 2.24) is 5.43 Å². The molecular weight excluding hydrogens is 213 g/mol.